The number of aliphatic carboxylic acids is 1. The Balaban J connectivity index is 1.84. The van der Waals surface area contributed by atoms with E-state index < -0.39 is 5.97 Å². The Morgan fingerprint density at radius 1 is 1.38 bits per heavy atom. The van der Waals surface area contributed by atoms with E-state index in [1.54, 1.807) is 24.3 Å². The second-order valence-electron chi connectivity index (χ2n) is 4.74. The summed E-state index contributed by atoms with van der Waals surface area (Å²) in [6.07, 6.45) is 2.79. The average Bonchev–Trinajstić information content (AvgIpc) is 2.47. The summed E-state index contributed by atoms with van der Waals surface area (Å²) in [5.74, 6) is -1.09. The number of nitrogens with one attached hydrogen (secondary N) is 2. The zero-order chi connectivity index (χ0) is 15.1. The molecule has 1 saturated heterocycles. The maximum atomic E-state index is 11.9. The lowest BCUT2D eigenvalue weighted by Crippen LogP contribution is -2.40. The molecule has 3 N–H and O–H groups in total. The monoisotopic (exact) mass is 290 g/mol. The van der Waals surface area contributed by atoms with Crippen molar-refractivity contribution in [2.75, 3.05) is 25.0 Å². The molecule has 1 aliphatic heterocycles. The van der Waals surface area contributed by atoms with Crippen LogP contribution in [0, 0.1) is 0 Å². The molecule has 0 aliphatic carbocycles. The number of benzene rings is 1. The summed E-state index contributed by atoms with van der Waals surface area (Å²) in [6.45, 7) is 2.14. The third kappa shape index (κ3) is 5.37. The van der Waals surface area contributed by atoms with E-state index in [0.717, 1.165) is 18.2 Å². The van der Waals surface area contributed by atoms with Crippen LogP contribution in [0.1, 0.15) is 12.0 Å². The fourth-order valence-corrected chi connectivity index (χ4v) is 2.01. The number of carboxylic acids is 1. The quantitative estimate of drug-likeness (QED) is 0.707. The normalized spacial score (nSPS) is 18.6. The van der Waals surface area contributed by atoms with Crippen LogP contribution >= 0.6 is 0 Å². The van der Waals surface area contributed by atoms with Gasteiger partial charge in [0.15, 0.2) is 0 Å². The van der Waals surface area contributed by atoms with Crippen molar-refractivity contribution in [3.63, 3.8) is 0 Å². The van der Waals surface area contributed by atoms with Gasteiger partial charge in [-0.25, -0.2) is 4.79 Å². The minimum atomic E-state index is -0.992. The lowest BCUT2D eigenvalue weighted by Gasteiger charge is -2.23. The second kappa shape index (κ2) is 7.56. The second-order valence-corrected chi connectivity index (χ2v) is 4.74. The van der Waals surface area contributed by atoms with Gasteiger partial charge in [0, 0.05) is 24.9 Å². The summed E-state index contributed by atoms with van der Waals surface area (Å²) >= 11 is 0. The lowest BCUT2D eigenvalue weighted by atomic mass is 10.1. The largest absolute Gasteiger partial charge is 0.478 e. The van der Waals surface area contributed by atoms with Crippen LogP contribution in [0.4, 0.5) is 5.69 Å². The van der Waals surface area contributed by atoms with Crippen LogP contribution in [-0.2, 0) is 14.3 Å². The van der Waals surface area contributed by atoms with Gasteiger partial charge in [-0.2, -0.15) is 0 Å². The summed E-state index contributed by atoms with van der Waals surface area (Å²) < 4.78 is 5.47. The van der Waals surface area contributed by atoms with Gasteiger partial charge < -0.3 is 20.5 Å². The van der Waals surface area contributed by atoms with E-state index in [1.807, 2.05) is 0 Å². The van der Waals surface area contributed by atoms with Crippen molar-refractivity contribution in [2.24, 2.45) is 0 Å². The van der Waals surface area contributed by atoms with Crippen LogP contribution in [0.5, 0.6) is 0 Å². The molecule has 6 nitrogen and oxygen atoms in total. The molecule has 1 atom stereocenters. The van der Waals surface area contributed by atoms with E-state index in [4.69, 9.17) is 9.84 Å². The first-order valence-electron chi connectivity index (χ1n) is 6.77. The van der Waals surface area contributed by atoms with Crippen molar-refractivity contribution in [1.82, 2.24) is 5.32 Å². The Morgan fingerprint density at radius 3 is 2.76 bits per heavy atom. The number of carboxylic acid groups (broad SMARTS) is 1. The highest BCUT2D eigenvalue weighted by Gasteiger charge is 2.17. The van der Waals surface area contributed by atoms with Crippen LogP contribution in [0.3, 0.4) is 0 Å². The first kappa shape index (κ1) is 15.2. The number of carbonyl (C=O) groups is 2. The lowest BCUT2D eigenvalue weighted by molar-refractivity contribution is -0.131. The SMILES string of the molecule is O=C(O)/C=C/c1ccc(NC(=O)CC2CNCCO2)cc1. The zero-order valence-corrected chi connectivity index (χ0v) is 11.5. The molecule has 21 heavy (non-hydrogen) atoms. The van der Waals surface area contributed by atoms with Crippen molar-refractivity contribution in [1.29, 1.82) is 0 Å². The fraction of sp³-hybridized carbons (Fsp3) is 0.333. The Bertz CT molecular complexity index is 519. The smallest absolute Gasteiger partial charge is 0.328 e. The van der Waals surface area contributed by atoms with Crippen molar-refractivity contribution >= 4 is 23.6 Å². The Morgan fingerprint density at radius 2 is 2.14 bits per heavy atom. The van der Waals surface area contributed by atoms with Crippen molar-refractivity contribution in [3.05, 3.63) is 35.9 Å². The molecule has 1 unspecified atom stereocenters. The minimum absolute atomic E-state index is 0.0866. The summed E-state index contributed by atoms with van der Waals surface area (Å²) in [5.41, 5.74) is 1.44. The third-order valence-electron chi connectivity index (χ3n) is 3.03. The molecule has 1 fully saturated rings. The minimum Gasteiger partial charge on any atom is -0.478 e. The number of hydrogen-bond donors (Lipinski definition) is 3. The van der Waals surface area contributed by atoms with E-state index in [1.165, 1.54) is 6.08 Å². The van der Waals surface area contributed by atoms with E-state index in [0.29, 0.717) is 25.3 Å². The Kier molecular flexibility index (Phi) is 5.48. The molecule has 2 rings (SSSR count). The molecule has 1 amide bonds. The van der Waals surface area contributed by atoms with Crippen molar-refractivity contribution in [3.8, 4) is 0 Å². The highest BCUT2D eigenvalue weighted by molar-refractivity contribution is 5.91. The molecule has 1 aromatic carbocycles. The molecule has 0 radical (unpaired) electrons. The van der Waals surface area contributed by atoms with Gasteiger partial charge in [0.2, 0.25) is 5.91 Å². The van der Waals surface area contributed by atoms with Crippen LogP contribution in [0.25, 0.3) is 6.08 Å². The van der Waals surface area contributed by atoms with Gasteiger partial charge >= 0.3 is 5.97 Å². The van der Waals surface area contributed by atoms with Crippen LogP contribution in [0.2, 0.25) is 0 Å². The van der Waals surface area contributed by atoms with Crippen LogP contribution < -0.4 is 10.6 Å². The van der Waals surface area contributed by atoms with Crippen LogP contribution in [-0.4, -0.2) is 42.8 Å². The Hall–Kier alpha value is -2.18. The first-order chi connectivity index (χ1) is 10.1. The summed E-state index contributed by atoms with van der Waals surface area (Å²) in [4.78, 5) is 22.3. The molecule has 0 saturated carbocycles. The average molecular weight is 290 g/mol. The number of carbonyl (C=O) groups excluding carboxylic acids is 1. The van der Waals surface area contributed by atoms with Crippen molar-refractivity contribution in [2.45, 2.75) is 12.5 Å². The predicted octanol–water partition coefficient (Wildman–Crippen LogP) is 1.10. The zero-order valence-electron chi connectivity index (χ0n) is 11.5. The van der Waals surface area contributed by atoms with Gasteiger partial charge in [-0.1, -0.05) is 12.1 Å². The summed E-state index contributed by atoms with van der Waals surface area (Å²) in [5, 5.41) is 14.5. The number of rotatable bonds is 5. The van der Waals surface area contributed by atoms with E-state index in [-0.39, 0.29) is 12.0 Å². The first-order valence-corrected chi connectivity index (χ1v) is 6.77. The molecule has 6 heteroatoms. The molecular weight excluding hydrogens is 272 g/mol. The molecule has 1 heterocycles. The van der Waals surface area contributed by atoms with Crippen molar-refractivity contribution < 1.29 is 19.4 Å². The molecule has 0 bridgehead atoms. The van der Waals surface area contributed by atoms with E-state index in [9.17, 15) is 9.59 Å². The van der Waals surface area contributed by atoms with Gasteiger partial charge in [0.05, 0.1) is 19.1 Å². The molecule has 1 aliphatic rings. The van der Waals surface area contributed by atoms with Gasteiger partial charge in [0.1, 0.15) is 0 Å². The van der Waals surface area contributed by atoms with Gasteiger partial charge in [0.25, 0.3) is 0 Å². The Labute approximate surface area is 122 Å². The number of ether oxygens (including phenoxy) is 1. The predicted molar refractivity (Wildman–Crippen MR) is 79.0 cm³/mol. The highest BCUT2D eigenvalue weighted by atomic mass is 16.5. The van der Waals surface area contributed by atoms with Gasteiger partial charge in [-0.15, -0.1) is 0 Å². The van der Waals surface area contributed by atoms with E-state index in [2.05, 4.69) is 10.6 Å². The topological polar surface area (TPSA) is 87.7 Å². The molecular formula is C15H18N2O4. The fourth-order valence-electron chi connectivity index (χ4n) is 2.01. The van der Waals surface area contributed by atoms with Gasteiger partial charge in [-0.3, -0.25) is 4.79 Å². The number of amides is 1. The molecule has 1 aromatic rings. The molecule has 0 aromatic heterocycles. The molecule has 0 spiro atoms. The molecule has 112 valence electrons. The number of morpholine rings is 1. The maximum Gasteiger partial charge on any atom is 0.328 e. The third-order valence-corrected chi connectivity index (χ3v) is 3.03. The highest BCUT2D eigenvalue weighted by Crippen LogP contribution is 2.12. The summed E-state index contributed by atoms with van der Waals surface area (Å²) in [6, 6.07) is 6.96. The van der Waals surface area contributed by atoms with Crippen LogP contribution in [0.15, 0.2) is 30.3 Å². The maximum absolute atomic E-state index is 11.9. The van der Waals surface area contributed by atoms with Gasteiger partial charge in [-0.05, 0) is 23.8 Å². The number of hydrogen-bond acceptors (Lipinski definition) is 4. The van der Waals surface area contributed by atoms with E-state index >= 15 is 0 Å². The number of anilines is 1. The summed E-state index contributed by atoms with van der Waals surface area (Å²) in [7, 11) is 0. The standard InChI is InChI=1S/C15H18N2O4/c18-14(9-13-10-16-7-8-21-13)17-12-4-1-11(2-5-12)3-6-15(19)20/h1-6,13,16H,7-10H2,(H,17,18)(H,19,20)/b6-3+.